The van der Waals surface area contributed by atoms with E-state index in [9.17, 15) is 28.2 Å². The Morgan fingerprint density at radius 3 is 2.29 bits per heavy atom. The number of nitrogens with one attached hydrogen (secondary N) is 1. The van der Waals surface area contributed by atoms with E-state index in [0.29, 0.717) is 24.2 Å². The number of sulfonamides is 1. The van der Waals surface area contributed by atoms with E-state index in [1.54, 1.807) is 42.5 Å². The number of ether oxygens (including phenoxy) is 1. The van der Waals surface area contributed by atoms with Crippen LogP contribution in [0.2, 0.25) is 0 Å². The molecule has 1 atom stereocenters. The number of nitrogens with zero attached hydrogens (tertiary/aromatic N) is 1. The molecule has 4 rings (SSSR count). The standard InChI is InChI=1S/C34H42N2O8S/c37-21-7-8-22-45(42,43)35-33(39)30-18-17-28(23-32(30)44-29-11-5-2-6-12-29)26-15-13-25(14-16-26)19-20-36(34(40)41)24-31(38)27-9-3-1-4-10-27/h1,3-4,9-10,13-18,23,29,31,37-38H,2,5-8,11-12,19-22,24H2,(H,35,39)(H,40,41)/t31-/m1/s1. The van der Waals surface area contributed by atoms with Gasteiger partial charge in [-0.05, 0) is 79.3 Å². The van der Waals surface area contributed by atoms with Crippen molar-refractivity contribution in [1.82, 2.24) is 9.62 Å². The summed E-state index contributed by atoms with van der Waals surface area (Å²) in [5.74, 6) is -0.701. The molecule has 1 aliphatic rings. The summed E-state index contributed by atoms with van der Waals surface area (Å²) in [7, 11) is -3.88. The molecular weight excluding hydrogens is 596 g/mol. The van der Waals surface area contributed by atoms with Crippen LogP contribution in [0.25, 0.3) is 11.1 Å². The van der Waals surface area contributed by atoms with E-state index in [-0.39, 0.29) is 43.5 Å². The number of aliphatic hydroxyl groups excluding tert-OH is 2. The first kappa shape index (κ1) is 34.0. The number of carboxylic acid groups (broad SMARTS) is 1. The van der Waals surface area contributed by atoms with Crippen LogP contribution in [0, 0.1) is 0 Å². The second kappa shape index (κ2) is 16.4. The van der Waals surface area contributed by atoms with Gasteiger partial charge in [-0.1, -0.05) is 67.1 Å². The molecule has 0 bridgehead atoms. The fourth-order valence-electron chi connectivity index (χ4n) is 5.38. The highest BCUT2D eigenvalue weighted by Crippen LogP contribution is 2.31. The van der Waals surface area contributed by atoms with Crippen LogP contribution in [0.5, 0.6) is 5.75 Å². The molecule has 3 aromatic rings. The normalized spacial score (nSPS) is 14.4. The van der Waals surface area contributed by atoms with Gasteiger partial charge in [0.25, 0.3) is 5.91 Å². The molecule has 1 fully saturated rings. The Balaban J connectivity index is 1.47. The lowest BCUT2D eigenvalue weighted by Crippen LogP contribution is -2.35. The van der Waals surface area contributed by atoms with Crippen molar-refractivity contribution in [2.75, 3.05) is 25.4 Å². The van der Waals surface area contributed by atoms with Crippen molar-refractivity contribution in [2.45, 2.75) is 63.6 Å². The molecule has 11 heteroatoms. The number of rotatable bonds is 15. The van der Waals surface area contributed by atoms with Crippen LogP contribution in [0.3, 0.4) is 0 Å². The summed E-state index contributed by atoms with van der Waals surface area (Å²) in [6.07, 6.45) is 3.82. The van der Waals surface area contributed by atoms with Gasteiger partial charge >= 0.3 is 6.09 Å². The first-order valence-electron chi connectivity index (χ1n) is 15.4. The zero-order valence-corrected chi connectivity index (χ0v) is 26.1. The maximum atomic E-state index is 13.1. The van der Waals surface area contributed by atoms with Crippen molar-refractivity contribution in [2.24, 2.45) is 0 Å². The van der Waals surface area contributed by atoms with E-state index in [4.69, 9.17) is 9.84 Å². The summed E-state index contributed by atoms with van der Waals surface area (Å²) in [6.45, 7) is 0.0563. The highest BCUT2D eigenvalue weighted by molar-refractivity contribution is 7.90. The number of carbonyl (C=O) groups is 2. The van der Waals surface area contributed by atoms with Crippen molar-refractivity contribution >= 4 is 22.0 Å². The number of hydrogen-bond donors (Lipinski definition) is 4. The Kier molecular flexibility index (Phi) is 12.4. The molecule has 45 heavy (non-hydrogen) atoms. The predicted molar refractivity (Wildman–Crippen MR) is 172 cm³/mol. The predicted octanol–water partition coefficient (Wildman–Crippen LogP) is 5.15. The molecule has 3 aromatic carbocycles. The molecule has 0 aromatic heterocycles. The first-order chi connectivity index (χ1) is 21.6. The Morgan fingerprint density at radius 2 is 1.62 bits per heavy atom. The molecule has 0 aliphatic heterocycles. The van der Waals surface area contributed by atoms with Crippen molar-refractivity contribution in [3.8, 4) is 16.9 Å². The van der Waals surface area contributed by atoms with Gasteiger partial charge < -0.3 is 25.0 Å². The summed E-state index contributed by atoms with van der Waals surface area (Å²) in [5, 5.41) is 29.1. The minimum Gasteiger partial charge on any atom is -0.490 e. The molecule has 0 saturated heterocycles. The van der Waals surface area contributed by atoms with Crippen LogP contribution in [0.15, 0.2) is 72.8 Å². The van der Waals surface area contributed by atoms with E-state index in [1.807, 2.05) is 30.3 Å². The average Bonchev–Trinajstić information content (AvgIpc) is 3.03. The lowest BCUT2D eigenvalue weighted by molar-refractivity contribution is 0.0967. The summed E-state index contributed by atoms with van der Waals surface area (Å²) in [6, 6.07) is 21.7. The maximum Gasteiger partial charge on any atom is 0.407 e. The minimum absolute atomic E-state index is 0.0366. The van der Waals surface area contributed by atoms with Gasteiger partial charge in [0.15, 0.2) is 0 Å². The smallest absolute Gasteiger partial charge is 0.407 e. The zero-order chi connectivity index (χ0) is 32.2. The number of hydrogen-bond acceptors (Lipinski definition) is 7. The van der Waals surface area contributed by atoms with E-state index >= 15 is 0 Å². The van der Waals surface area contributed by atoms with Crippen LogP contribution in [0.4, 0.5) is 4.79 Å². The van der Waals surface area contributed by atoms with Gasteiger partial charge in [-0.15, -0.1) is 0 Å². The van der Waals surface area contributed by atoms with Gasteiger partial charge in [0.1, 0.15) is 5.75 Å². The van der Waals surface area contributed by atoms with E-state index in [2.05, 4.69) is 4.72 Å². The Morgan fingerprint density at radius 1 is 0.933 bits per heavy atom. The van der Waals surface area contributed by atoms with Crippen LogP contribution in [0.1, 0.15) is 72.5 Å². The lowest BCUT2D eigenvalue weighted by atomic mass is 9.97. The SMILES string of the molecule is O=C(NS(=O)(=O)CCCCO)c1ccc(-c2ccc(CCN(C[C@@H](O)c3ccccc3)C(=O)O)cc2)cc1OC1CCCCC1. The Labute approximate surface area is 264 Å². The van der Waals surface area contributed by atoms with Gasteiger partial charge in [0.05, 0.1) is 30.1 Å². The van der Waals surface area contributed by atoms with Crippen molar-refractivity contribution < 1.29 is 38.1 Å². The topological polar surface area (TPSA) is 153 Å². The summed E-state index contributed by atoms with van der Waals surface area (Å²) in [4.78, 5) is 26.1. The van der Waals surface area contributed by atoms with Gasteiger partial charge in [-0.3, -0.25) is 4.79 Å². The molecule has 0 heterocycles. The fourth-order valence-corrected chi connectivity index (χ4v) is 6.46. The second-order valence-electron chi connectivity index (χ2n) is 11.4. The maximum absolute atomic E-state index is 13.1. The molecule has 0 spiro atoms. The third kappa shape index (κ3) is 10.3. The zero-order valence-electron chi connectivity index (χ0n) is 25.3. The monoisotopic (exact) mass is 638 g/mol. The highest BCUT2D eigenvalue weighted by atomic mass is 32.2. The lowest BCUT2D eigenvalue weighted by Gasteiger charge is -2.24. The first-order valence-corrected chi connectivity index (χ1v) is 17.1. The Hall–Kier alpha value is -3.93. The molecular formula is C34H42N2O8S. The number of unbranched alkanes of at least 4 members (excludes halogenated alkanes) is 1. The molecule has 1 saturated carbocycles. The molecule has 10 nitrogen and oxygen atoms in total. The Bertz CT molecular complexity index is 1510. The van der Waals surface area contributed by atoms with Crippen LogP contribution in [-0.2, 0) is 16.4 Å². The van der Waals surface area contributed by atoms with E-state index in [1.165, 1.54) is 4.90 Å². The van der Waals surface area contributed by atoms with E-state index in [0.717, 1.165) is 48.8 Å². The number of aliphatic hydroxyl groups is 2. The van der Waals surface area contributed by atoms with Gasteiger partial charge in [0.2, 0.25) is 10.0 Å². The summed E-state index contributed by atoms with van der Waals surface area (Å²) < 4.78 is 33.3. The summed E-state index contributed by atoms with van der Waals surface area (Å²) >= 11 is 0. The number of amides is 2. The molecule has 242 valence electrons. The van der Waals surface area contributed by atoms with Crippen LogP contribution < -0.4 is 9.46 Å². The van der Waals surface area contributed by atoms with Crippen molar-refractivity contribution in [1.29, 1.82) is 0 Å². The van der Waals surface area contributed by atoms with Gasteiger partial charge in [-0.2, -0.15) is 0 Å². The minimum atomic E-state index is -3.88. The van der Waals surface area contributed by atoms with Crippen molar-refractivity contribution in [3.05, 3.63) is 89.5 Å². The number of benzene rings is 3. The number of carbonyl (C=O) groups excluding carboxylic acids is 1. The van der Waals surface area contributed by atoms with Crippen LogP contribution >= 0.6 is 0 Å². The molecule has 0 unspecified atom stereocenters. The third-order valence-electron chi connectivity index (χ3n) is 7.95. The molecule has 2 amide bonds. The fraction of sp³-hybridized carbons (Fsp3) is 0.412. The molecule has 0 radical (unpaired) electrons. The highest BCUT2D eigenvalue weighted by Gasteiger charge is 2.23. The third-order valence-corrected chi connectivity index (χ3v) is 9.27. The van der Waals surface area contributed by atoms with E-state index < -0.39 is 28.1 Å². The van der Waals surface area contributed by atoms with Crippen molar-refractivity contribution in [3.63, 3.8) is 0 Å². The average molecular weight is 639 g/mol. The second-order valence-corrected chi connectivity index (χ2v) is 13.2. The molecule has 1 aliphatic carbocycles. The largest absolute Gasteiger partial charge is 0.490 e. The summed E-state index contributed by atoms with van der Waals surface area (Å²) in [5.41, 5.74) is 3.35. The quantitative estimate of drug-likeness (QED) is 0.167. The van der Waals surface area contributed by atoms with Crippen LogP contribution in [-0.4, -0.2) is 72.2 Å². The van der Waals surface area contributed by atoms with Gasteiger partial charge in [-0.25, -0.2) is 17.9 Å². The van der Waals surface area contributed by atoms with Gasteiger partial charge in [0, 0.05) is 13.2 Å². The molecule has 4 N–H and O–H groups in total.